The molecule has 1 atom stereocenters. The smallest absolute Gasteiger partial charge is 0.0113 e. The summed E-state index contributed by atoms with van der Waals surface area (Å²) in [7, 11) is 0. The van der Waals surface area contributed by atoms with Crippen molar-refractivity contribution in [2.75, 3.05) is 0 Å². The zero-order valence-corrected chi connectivity index (χ0v) is 10.6. The Hall–Kier alpha value is -0.780. The molecule has 0 spiro atoms. The van der Waals surface area contributed by atoms with Gasteiger partial charge >= 0.3 is 0 Å². The monoisotopic (exact) mass is 204 g/mol. The number of hydrogen-bond donors (Lipinski definition) is 0. The summed E-state index contributed by atoms with van der Waals surface area (Å²) in [6, 6.07) is 10.9. The van der Waals surface area contributed by atoms with Gasteiger partial charge in [0, 0.05) is 0 Å². The van der Waals surface area contributed by atoms with Gasteiger partial charge in [-0.15, -0.1) is 0 Å². The second-order valence-corrected chi connectivity index (χ2v) is 5.47. The highest BCUT2D eigenvalue weighted by molar-refractivity contribution is 5.21. The summed E-state index contributed by atoms with van der Waals surface area (Å²) >= 11 is 0. The molecule has 0 amide bonds. The van der Waals surface area contributed by atoms with E-state index in [0.29, 0.717) is 11.3 Å². The lowest BCUT2D eigenvalue weighted by molar-refractivity contribution is 0.299. The first kappa shape index (κ1) is 12.3. The van der Waals surface area contributed by atoms with Crippen LogP contribution >= 0.6 is 0 Å². The van der Waals surface area contributed by atoms with Crippen LogP contribution in [0, 0.1) is 5.41 Å². The van der Waals surface area contributed by atoms with Gasteiger partial charge in [-0.1, -0.05) is 70.9 Å². The Balaban J connectivity index is 2.82. The van der Waals surface area contributed by atoms with Crippen LogP contribution < -0.4 is 0 Å². The van der Waals surface area contributed by atoms with E-state index in [4.69, 9.17) is 0 Å². The zero-order valence-electron chi connectivity index (χ0n) is 10.6. The molecule has 0 radical (unpaired) electrons. The summed E-state index contributed by atoms with van der Waals surface area (Å²) < 4.78 is 0. The van der Waals surface area contributed by atoms with Crippen molar-refractivity contribution in [3.05, 3.63) is 35.9 Å². The van der Waals surface area contributed by atoms with Gasteiger partial charge in [0.25, 0.3) is 0 Å². The molecule has 1 aromatic carbocycles. The van der Waals surface area contributed by atoms with E-state index in [9.17, 15) is 0 Å². The molecule has 15 heavy (non-hydrogen) atoms. The van der Waals surface area contributed by atoms with Crippen molar-refractivity contribution in [2.45, 2.75) is 52.9 Å². The molecule has 84 valence electrons. The average molecular weight is 204 g/mol. The molecule has 1 rings (SSSR count). The third kappa shape index (κ3) is 3.70. The lowest BCUT2D eigenvalue weighted by Gasteiger charge is -2.31. The van der Waals surface area contributed by atoms with Crippen molar-refractivity contribution < 1.29 is 0 Å². The van der Waals surface area contributed by atoms with Crippen LogP contribution in [0.5, 0.6) is 0 Å². The van der Waals surface area contributed by atoms with Crippen molar-refractivity contribution >= 4 is 0 Å². The molecular weight excluding hydrogens is 180 g/mol. The Bertz CT molecular complexity index is 266. The fourth-order valence-corrected chi connectivity index (χ4v) is 2.19. The van der Waals surface area contributed by atoms with Crippen molar-refractivity contribution in [1.82, 2.24) is 0 Å². The molecule has 0 saturated carbocycles. The molecule has 0 aliphatic rings. The van der Waals surface area contributed by atoms with Crippen LogP contribution in [0.15, 0.2) is 30.3 Å². The average Bonchev–Trinajstić information content (AvgIpc) is 2.18. The lowest BCUT2D eigenvalue weighted by atomic mass is 9.74. The van der Waals surface area contributed by atoms with E-state index in [1.54, 1.807) is 0 Å². The lowest BCUT2D eigenvalue weighted by Crippen LogP contribution is -2.18. The maximum Gasteiger partial charge on any atom is -0.0113 e. The van der Waals surface area contributed by atoms with E-state index >= 15 is 0 Å². The van der Waals surface area contributed by atoms with Crippen LogP contribution in [0.25, 0.3) is 0 Å². The first-order valence-electron chi connectivity index (χ1n) is 6.10. The van der Waals surface area contributed by atoms with Crippen LogP contribution in [0.3, 0.4) is 0 Å². The number of unbranched alkanes of at least 4 members (excludes halogenated alkanes) is 1. The number of hydrogen-bond acceptors (Lipinski definition) is 0. The van der Waals surface area contributed by atoms with Crippen molar-refractivity contribution in [3.63, 3.8) is 0 Å². The number of rotatable bonds is 4. The van der Waals surface area contributed by atoms with Gasteiger partial charge in [-0.25, -0.2) is 0 Å². The fraction of sp³-hybridized carbons (Fsp3) is 0.600. The molecule has 0 aromatic heterocycles. The van der Waals surface area contributed by atoms with Crippen LogP contribution in [0.1, 0.15) is 58.4 Å². The minimum absolute atomic E-state index is 0.372. The van der Waals surface area contributed by atoms with Crippen molar-refractivity contribution in [3.8, 4) is 0 Å². The first-order valence-corrected chi connectivity index (χ1v) is 6.10. The minimum Gasteiger partial charge on any atom is -0.0654 e. The highest BCUT2D eigenvalue weighted by atomic mass is 14.3. The second-order valence-electron chi connectivity index (χ2n) is 5.47. The third-order valence-electron chi connectivity index (χ3n) is 3.09. The van der Waals surface area contributed by atoms with Crippen molar-refractivity contribution in [1.29, 1.82) is 0 Å². The molecular formula is C15H24. The van der Waals surface area contributed by atoms with E-state index in [-0.39, 0.29) is 0 Å². The maximum absolute atomic E-state index is 2.35. The van der Waals surface area contributed by atoms with Gasteiger partial charge in [0.15, 0.2) is 0 Å². The van der Waals surface area contributed by atoms with Crippen LogP contribution in [-0.4, -0.2) is 0 Å². The van der Waals surface area contributed by atoms with E-state index in [2.05, 4.69) is 58.0 Å². The predicted molar refractivity (Wildman–Crippen MR) is 68.2 cm³/mol. The minimum atomic E-state index is 0.372. The summed E-state index contributed by atoms with van der Waals surface area (Å²) in [6.45, 7) is 9.31. The van der Waals surface area contributed by atoms with Crippen LogP contribution in [0.2, 0.25) is 0 Å². The topological polar surface area (TPSA) is 0 Å². The van der Waals surface area contributed by atoms with E-state index in [0.717, 1.165) is 0 Å². The second kappa shape index (κ2) is 5.34. The molecule has 0 fully saturated rings. The molecule has 0 heteroatoms. The summed E-state index contributed by atoms with van der Waals surface area (Å²) in [6.07, 6.45) is 3.93. The van der Waals surface area contributed by atoms with E-state index in [1.807, 2.05) is 0 Å². The largest absolute Gasteiger partial charge is 0.0654 e. The van der Waals surface area contributed by atoms with E-state index < -0.39 is 0 Å². The fourth-order valence-electron chi connectivity index (χ4n) is 2.19. The van der Waals surface area contributed by atoms with E-state index in [1.165, 1.54) is 24.8 Å². The van der Waals surface area contributed by atoms with Crippen LogP contribution in [-0.2, 0) is 0 Å². The van der Waals surface area contributed by atoms with Gasteiger partial charge in [0.1, 0.15) is 0 Å². The Kier molecular flexibility index (Phi) is 4.38. The molecule has 0 aliphatic heterocycles. The van der Waals surface area contributed by atoms with Crippen molar-refractivity contribution in [2.24, 2.45) is 5.41 Å². The Morgan fingerprint density at radius 3 is 2.13 bits per heavy atom. The summed E-state index contributed by atoms with van der Waals surface area (Å²) in [4.78, 5) is 0. The standard InChI is InChI=1S/C15H24/c1-5-6-12-14(15(2,3)4)13-10-8-7-9-11-13/h7-11,14H,5-6,12H2,1-4H3. The van der Waals surface area contributed by atoms with Gasteiger partial charge in [-0.2, -0.15) is 0 Å². The zero-order chi connectivity index (χ0) is 11.3. The Labute approximate surface area is 94.7 Å². The van der Waals surface area contributed by atoms with Gasteiger partial charge in [-0.05, 0) is 23.3 Å². The molecule has 0 nitrogen and oxygen atoms in total. The molecule has 1 unspecified atom stereocenters. The molecule has 1 aromatic rings. The SMILES string of the molecule is CCCCC(c1ccccc1)C(C)(C)C. The normalized spacial score (nSPS) is 13.9. The number of benzene rings is 1. The van der Waals surface area contributed by atoms with Crippen LogP contribution in [0.4, 0.5) is 0 Å². The first-order chi connectivity index (χ1) is 7.05. The highest BCUT2D eigenvalue weighted by Gasteiger charge is 2.25. The van der Waals surface area contributed by atoms with Gasteiger partial charge in [-0.3, -0.25) is 0 Å². The summed E-state index contributed by atoms with van der Waals surface area (Å²) in [5, 5.41) is 0. The maximum atomic E-state index is 2.35. The molecule has 0 bridgehead atoms. The molecule has 0 aliphatic carbocycles. The predicted octanol–water partition coefficient (Wildman–Crippen LogP) is 5.01. The van der Waals surface area contributed by atoms with Gasteiger partial charge < -0.3 is 0 Å². The molecule has 0 N–H and O–H groups in total. The Morgan fingerprint density at radius 1 is 1.07 bits per heavy atom. The summed E-state index contributed by atoms with van der Waals surface area (Å²) in [5.74, 6) is 0.693. The third-order valence-corrected chi connectivity index (χ3v) is 3.09. The quantitative estimate of drug-likeness (QED) is 0.647. The Morgan fingerprint density at radius 2 is 1.67 bits per heavy atom. The van der Waals surface area contributed by atoms with Gasteiger partial charge in [0.05, 0.1) is 0 Å². The molecule has 0 heterocycles. The van der Waals surface area contributed by atoms with Gasteiger partial charge in [0.2, 0.25) is 0 Å². The summed E-state index contributed by atoms with van der Waals surface area (Å²) in [5.41, 5.74) is 1.87. The molecule has 0 saturated heterocycles. The highest BCUT2D eigenvalue weighted by Crippen LogP contribution is 2.38.